The molecule has 0 bridgehead atoms. The average Bonchev–Trinajstić information content (AvgIpc) is 3.69. The van der Waals surface area contributed by atoms with Crippen molar-refractivity contribution in [2.45, 2.75) is 0 Å². The van der Waals surface area contributed by atoms with Crippen molar-refractivity contribution in [1.29, 1.82) is 15.8 Å². The van der Waals surface area contributed by atoms with Crippen LogP contribution in [0.4, 0.5) is 0 Å². The molecule has 2 heterocycles. The smallest absolute Gasteiger partial charge is 0.102 e. The van der Waals surface area contributed by atoms with Crippen LogP contribution in [-0.2, 0) is 0 Å². The zero-order chi connectivity index (χ0) is 33.8. The highest BCUT2D eigenvalue weighted by Crippen LogP contribution is 2.40. The van der Waals surface area contributed by atoms with Crippen LogP contribution in [0.2, 0.25) is 0 Å². The largest absolute Gasteiger partial charge is 0.309 e. The molecule has 0 amide bonds. The Labute approximate surface area is 287 Å². The Morgan fingerprint density at radius 3 is 1.54 bits per heavy atom. The molecule has 50 heavy (non-hydrogen) atoms. The third kappa shape index (κ3) is 4.38. The van der Waals surface area contributed by atoms with Crippen LogP contribution < -0.4 is 0 Å². The molecule has 0 radical (unpaired) electrons. The van der Waals surface area contributed by atoms with E-state index in [1.807, 2.05) is 66.7 Å². The molecule has 0 atom stereocenters. The molecule has 230 valence electrons. The van der Waals surface area contributed by atoms with Crippen LogP contribution in [0.15, 0.2) is 152 Å². The van der Waals surface area contributed by atoms with Gasteiger partial charge in [0.2, 0.25) is 0 Å². The minimum absolute atomic E-state index is 0.566. The molecule has 0 fully saturated rings. The summed E-state index contributed by atoms with van der Waals surface area (Å²) < 4.78 is 4.40. The molecule has 9 rings (SSSR count). The molecule has 0 aliphatic rings. The van der Waals surface area contributed by atoms with Crippen molar-refractivity contribution >= 4 is 43.6 Å². The van der Waals surface area contributed by atoms with Crippen molar-refractivity contribution in [3.05, 3.63) is 168 Å². The number of nitriles is 3. The zero-order valence-electron chi connectivity index (χ0n) is 26.7. The van der Waals surface area contributed by atoms with E-state index in [1.165, 1.54) is 0 Å². The highest BCUT2D eigenvalue weighted by Gasteiger charge is 2.20. The van der Waals surface area contributed by atoms with Crippen LogP contribution in [0.25, 0.3) is 77.2 Å². The highest BCUT2D eigenvalue weighted by molar-refractivity contribution is 6.11. The van der Waals surface area contributed by atoms with Gasteiger partial charge in [0.25, 0.3) is 0 Å². The van der Waals surface area contributed by atoms with E-state index >= 15 is 0 Å². The zero-order valence-corrected chi connectivity index (χ0v) is 26.7. The van der Waals surface area contributed by atoms with Crippen molar-refractivity contribution in [2.24, 2.45) is 0 Å². The van der Waals surface area contributed by atoms with Gasteiger partial charge < -0.3 is 9.13 Å². The third-order valence-corrected chi connectivity index (χ3v) is 9.60. The quantitative estimate of drug-likeness (QED) is 0.193. The monoisotopic (exact) mass is 635 g/mol. The van der Waals surface area contributed by atoms with E-state index in [1.54, 1.807) is 0 Å². The fourth-order valence-corrected chi connectivity index (χ4v) is 7.38. The summed E-state index contributed by atoms with van der Waals surface area (Å²) in [6.45, 7) is 0. The second-order valence-corrected chi connectivity index (χ2v) is 12.3. The molecule has 0 saturated heterocycles. The lowest BCUT2D eigenvalue weighted by Crippen LogP contribution is -2.01. The van der Waals surface area contributed by atoms with Crippen LogP contribution in [0.1, 0.15) is 16.7 Å². The molecule has 5 nitrogen and oxygen atoms in total. The molecule has 9 aromatic rings. The van der Waals surface area contributed by atoms with Gasteiger partial charge in [-0.3, -0.25) is 0 Å². The Balaban J connectivity index is 1.33. The number of nitrogens with zero attached hydrogens (tertiary/aromatic N) is 5. The summed E-state index contributed by atoms with van der Waals surface area (Å²) in [6, 6.07) is 57.9. The Morgan fingerprint density at radius 1 is 0.380 bits per heavy atom. The fourth-order valence-electron chi connectivity index (χ4n) is 7.38. The van der Waals surface area contributed by atoms with Gasteiger partial charge in [-0.2, -0.15) is 15.8 Å². The summed E-state index contributed by atoms with van der Waals surface area (Å²) >= 11 is 0. The number of fused-ring (bicyclic) bond motifs is 6. The summed E-state index contributed by atoms with van der Waals surface area (Å²) in [4.78, 5) is 0. The van der Waals surface area contributed by atoms with Gasteiger partial charge >= 0.3 is 0 Å². The Morgan fingerprint density at radius 2 is 0.940 bits per heavy atom. The summed E-state index contributed by atoms with van der Waals surface area (Å²) in [5, 5.41) is 34.2. The molecule has 0 N–H and O–H groups in total. The summed E-state index contributed by atoms with van der Waals surface area (Å²) in [5.74, 6) is 0. The van der Waals surface area contributed by atoms with Crippen LogP contribution in [0, 0.1) is 34.0 Å². The van der Waals surface area contributed by atoms with Crippen molar-refractivity contribution in [3.63, 3.8) is 0 Å². The molecule has 0 aliphatic heterocycles. The number of hydrogen-bond acceptors (Lipinski definition) is 3. The van der Waals surface area contributed by atoms with Crippen LogP contribution in [-0.4, -0.2) is 9.13 Å². The SMILES string of the molecule is N#Cc1ccc2c(c1)c1cc(C#N)ccc1n2-c1cccc(-c2cc(-c3ccccc3)c(C#N)c(-n3c4ccccc4c4ccccc43)c2)c1. The number of benzene rings is 7. The van der Waals surface area contributed by atoms with Crippen molar-refractivity contribution in [3.8, 4) is 51.8 Å². The molecule has 0 spiro atoms. The fraction of sp³-hybridized carbons (Fsp3) is 0. The predicted octanol–water partition coefficient (Wildman–Crippen LogP) is 10.8. The van der Waals surface area contributed by atoms with Gasteiger partial charge in [-0.15, -0.1) is 0 Å². The first-order valence-electron chi connectivity index (χ1n) is 16.3. The van der Waals surface area contributed by atoms with Gasteiger partial charge in [0.15, 0.2) is 0 Å². The summed E-state index contributed by atoms with van der Waals surface area (Å²) in [5.41, 5.74) is 11.2. The molecular formula is C45H25N5. The van der Waals surface area contributed by atoms with Gasteiger partial charge in [0, 0.05) is 32.8 Å². The lowest BCUT2D eigenvalue weighted by Gasteiger charge is -2.17. The summed E-state index contributed by atoms with van der Waals surface area (Å²) in [6.07, 6.45) is 0. The second kappa shape index (κ2) is 11.4. The number of hydrogen-bond donors (Lipinski definition) is 0. The molecule has 0 aliphatic carbocycles. The minimum atomic E-state index is 0.566. The number of rotatable bonds is 4. The van der Waals surface area contributed by atoms with E-state index in [2.05, 4.69) is 112 Å². The van der Waals surface area contributed by atoms with Crippen LogP contribution in [0.3, 0.4) is 0 Å². The lowest BCUT2D eigenvalue weighted by atomic mass is 9.93. The second-order valence-electron chi connectivity index (χ2n) is 12.3. The number of aromatic nitrogens is 2. The van der Waals surface area contributed by atoms with E-state index in [4.69, 9.17) is 0 Å². The first-order chi connectivity index (χ1) is 24.7. The molecule has 0 unspecified atom stereocenters. The maximum absolute atomic E-state index is 10.8. The maximum atomic E-state index is 10.8. The number of para-hydroxylation sites is 2. The first-order valence-corrected chi connectivity index (χ1v) is 16.3. The van der Waals surface area contributed by atoms with Crippen LogP contribution in [0.5, 0.6) is 0 Å². The highest BCUT2D eigenvalue weighted by atomic mass is 15.0. The van der Waals surface area contributed by atoms with E-state index in [0.717, 1.165) is 77.2 Å². The normalized spacial score (nSPS) is 11.1. The van der Waals surface area contributed by atoms with Gasteiger partial charge in [0.05, 0.1) is 56.6 Å². The topological polar surface area (TPSA) is 81.2 Å². The van der Waals surface area contributed by atoms with Gasteiger partial charge in [-0.25, -0.2) is 0 Å². The minimum Gasteiger partial charge on any atom is -0.309 e. The van der Waals surface area contributed by atoms with E-state index < -0.39 is 0 Å². The molecular weight excluding hydrogens is 611 g/mol. The van der Waals surface area contributed by atoms with Crippen LogP contribution >= 0.6 is 0 Å². The van der Waals surface area contributed by atoms with Gasteiger partial charge in [-0.05, 0) is 89.5 Å². The predicted molar refractivity (Wildman–Crippen MR) is 200 cm³/mol. The van der Waals surface area contributed by atoms with E-state index in [9.17, 15) is 15.8 Å². The van der Waals surface area contributed by atoms with Crippen molar-refractivity contribution in [1.82, 2.24) is 9.13 Å². The molecule has 2 aromatic heterocycles. The Kier molecular flexibility index (Phi) is 6.56. The molecule has 7 aromatic carbocycles. The third-order valence-electron chi connectivity index (χ3n) is 9.60. The molecule has 0 saturated carbocycles. The van der Waals surface area contributed by atoms with Gasteiger partial charge in [-0.1, -0.05) is 78.9 Å². The van der Waals surface area contributed by atoms with E-state index in [-0.39, 0.29) is 0 Å². The van der Waals surface area contributed by atoms with Gasteiger partial charge in [0.1, 0.15) is 6.07 Å². The summed E-state index contributed by atoms with van der Waals surface area (Å²) in [7, 11) is 0. The van der Waals surface area contributed by atoms with Crippen molar-refractivity contribution < 1.29 is 0 Å². The van der Waals surface area contributed by atoms with Crippen molar-refractivity contribution in [2.75, 3.05) is 0 Å². The average molecular weight is 636 g/mol. The molecule has 5 heteroatoms. The Bertz CT molecular complexity index is 2830. The first kappa shape index (κ1) is 28.8. The Hall–Kier alpha value is -7.39. The van der Waals surface area contributed by atoms with E-state index in [0.29, 0.717) is 16.7 Å². The lowest BCUT2D eigenvalue weighted by molar-refractivity contribution is 1.17. The maximum Gasteiger partial charge on any atom is 0.102 e. The standard InChI is InChI=1S/C45H25N5/c46-26-29-17-19-43-38(21-29)39-22-30(27-47)18-20-44(39)49(43)34-12-8-11-32(23-34)33-24-37(31-9-2-1-3-10-31)40(28-48)45(25-33)50-41-15-6-4-13-35(41)36-14-5-7-16-42(36)50/h1-25H.